The monoisotopic (exact) mass is 386 g/mol. The highest BCUT2D eigenvalue weighted by molar-refractivity contribution is 7.18. The van der Waals surface area contributed by atoms with E-state index in [0.29, 0.717) is 23.7 Å². The summed E-state index contributed by atoms with van der Waals surface area (Å²) in [6, 6.07) is 8.51. The topological polar surface area (TPSA) is 37.6 Å². The summed E-state index contributed by atoms with van der Waals surface area (Å²) in [6.07, 6.45) is 3.53. The van der Waals surface area contributed by atoms with Gasteiger partial charge in [0.2, 0.25) is 0 Å². The molecule has 1 amide bonds. The number of piperidine rings is 2. The Morgan fingerprint density at radius 1 is 1.19 bits per heavy atom. The fourth-order valence-electron chi connectivity index (χ4n) is 5.02. The van der Waals surface area contributed by atoms with Crippen LogP contribution in [0.3, 0.4) is 0 Å². The van der Waals surface area contributed by atoms with Crippen LogP contribution in [0.2, 0.25) is 0 Å². The normalized spacial score (nSPS) is 30.4. The lowest BCUT2D eigenvalue weighted by atomic mass is 9.91. The zero-order valence-electron chi connectivity index (χ0n) is 16.8. The molecule has 4 nitrogen and oxygen atoms in total. The molecule has 2 aromatic rings. The molecule has 27 heavy (non-hydrogen) atoms. The van der Waals surface area contributed by atoms with Crippen molar-refractivity contribution in [2.24, 2.45) is 11.8 Å². The van der Waals surface area contributed by atoms with Crippen molar-refractivity contribution >= 4 is 27.5 Å². The summed E-state index contributed by atoms with van der Waals surface area (Å²) in [4.78, 5) is 21.5. The molecular formula is C22H32N3OS+. The molecule has 0 aliphatic carbocycles. The molecule has 2 aliphatic rings. The molecule has 0 bridgehead atoms. The van der Waals surface area contributed by atoms with Crippen LogP contribution in [0.15, 0.2) is 24.3 Å². The quantitative estimate of drug-likeness (QED) is 0.881. The number of quaternary nitrogens is 1. The molecule has 0 radical (unpaired) electrons. The molecule has 2 fully saturated rings. The van der Waals surface area contributed by atoms with E-state index in [0.717, 1.165) is 44.5 Å². The fourth-order valence-corrected chi connectivity index (χ4v) is 6.16. The van der Waals surface area contributed by atoms with Crippen LogP contribution in [0.4, 0.5) is 0 Å². The van der Waals surface area contributed by atoms with Crippen LogP contribution in [0, 0.1) is 11.8 Å². The molecule has 3 atom stereocenters. The Labute approximate surface area is 166 Å². The van der Waals surface area contributed by atoms with Gasteiger partial charge in [0.25, 0.3) is 5.91 Å². The largest absolute Gasteiger partial charge is 0.337 e. The van der Waals surface area contributed by atoms with Gasteiger partial charge in [-0.1, -0.05) is 26.0 Å². The van der Waals surface area contributed by atoms with Crippen LogP contribution >= 0.6 is 11.3 Å². The van der Waals surface area contributed by atoms with Crippen LogP contribution in [0.5, 0.6) is 0 Å². The Morgan fingerprint density at radius 2 is 1.85 bits per heavy atom. The summed E-state index contributed by atoms with van der Waals surface area (Å²) in [7, 11) is 0. The first-order valence-electron chi connectivity index (χ1n) is 10.5. The second-order valence-corrected chi connectivity index (χ2v) is 9.93. The molecule has 0 unspecified atom stereocenters. The minimum absolute atomic E-state index is 0.0822. The minimum Gasteiger partial charge on any atom is -0.337 e. The van der Waals surface area contributed by atoms with E-state index in [4.69, 9.17) is 4.98 Å². The number of para-hydroxylation sites is 1. The summed E-state index contributed by atoms with van der Waals surface area (Å²) in [5, 5.41) is 1.29. The van der Waals surface area contributed by atoms with E-state index >= 15 is 0 Å². The number of nitrogens with one attached hydrogen (secondary N) is 1. The smallest absolute Gasteiger partial charge is 0.280 e. The number of rotatable bonds is 3. The lowest BCUT2D eigenvalue weighted by Gasteiger charge is -2.38. The molecule has 146 valence electrons. The summed E-state index contributed by atoms with van der Waals surface area (Å²) in [5.41, 5.74) is 1.13. The van der Waals surface area contributed by atoms with Gasteiger partial charge in [0, 0.05) is 31.8 Å². The summed E-state index contributed by atoms with van der Waals surface area (Å²) in [5.74, 6) is 2.18. The van der Waals surface area contributed by atoms with Crippen molar-refractivity contribution in [1.29, 1.82) is 0 Å². The lowest BCUT2D eigenvalue weighted by Crippen LogP contribution is -3.17. The average Bonchev–Trinajstić information content (AvgIpc) is 3.10. The number of likely N-dealkylation sites (tertiary alicyclic amines) is 2. The lowest BCUT2D eigenvalue weighted by molar-refractivity contribution is -0.919. The Bertz CT molecular complexity index is 753. The van der Waals surface area contributed by atoms with Gasteiger partial charge in [-0.05, 0) is 37.3 Å². The summed E-state index contributed by atoms with van der Waals surface area (Å²) in [6.45, 7) is 10.7. The van der Waals surface area contributed by atoms with Gasteiger partial charge in [-0.3, -0.25) is 4.79 Å². The van der Waals surface area contributed by atoms with Crippen molar-refractivity contribution in [1.82, 2.24) is 9.88 Å². The van der Waals surface area contributed by atoms with E-state index in [2.05, 4.69) is 49.9 Å². The average molecular weight is 387 g/mol. The summed E-state index contributed by atoms with van der Waals surface area (Å²) < 4.78 is 1.29. The second-order valence-electron chi connectivity index (χ2n) is 8.86. The predicted octanol–water partition coefficient (Wildman–Crippen LogP) is 2.95. The fraction of sp³-hybridized carbons (Fsp3) is 0.636. The third kappa shape index (κ3) is 4.04. The zero-order chi connectivity index (χ0) is 19.0. The maximum atomic E-state index is 13.1. The van der Waals surface area contributed by atoms with E-state index in [1.54, 1.807) is 0 Å². The van der Waals surface area contributed by atoms with Crippen molar-refractivity contribution in [3.05, 3.63) is 29.3 Å². The number of aromatic nitrogens is 1. The van der Waals surface area contributed by atoms with Crippen molar-refractivity contribution in [2.75, 3.05) is 26.2 Å². The van der Waals surface area contributed by atoms with Crippen molar-refractivity contribution < 1.29 is 9.69 Å². The Hall–Kier alpha value is -1.46. The molecule has 2 aliphatic heterocycles. The number of amides is 1. The number of thiazole rings is 1. The van der Waals surface area contributed by atoms with Gasteiger partial charge < -0.3 is 9.80 Å². The highest BCUT2D eigenvalue weighted by Crippen LogP contribution is 2.31. The van der Waals surface area contributed by atoms with E-state index in [-0.39, 0.29) is 6.04 Å². The molecule has 1 N–H and O–H groups in total. The Kier molecular flexibility index (Phi) is 5.51. The molecule has 0 saturated carbocycles. The van der Waals surface area contributed by atoms with E-state index < -0.39 is 0 Å². The maximum Gasteiger partial charge on any atom is 0.280 e. The Balaban J connectivity index is 1.36. The third-order valence-corrected chi connectivity index (χ3v) is 7.65. The van der Waals surface area contributed by atoms with Crippen molar-refractivity contribution in [3.63, 3.8) is 0 Å². The Morgan fingerprint density at radius 3 is 2.52 bits per heavy atom. The van der Waals surface area contributed by atoms with Gasteiger partial charge in [0.1, 0.15) is 0 Å². The second kappa shape index (κ2) is 7.88. The van der Waals surface area contributed by atoms with Gasteiger partial charge in [-0.2, -0.15) is 0 Å². The number of nitrogens with zero attached hydrogens (tertiary/aromatic N) is 2. The molecule has 1 aromatic heterocycles. The van der Waals surface area contributed by atoms with Crippen LogP contribution in [-0.4, -0.2) is 48.0 Å². The minimum atomic E-state index is 0.0822. The number of benzene rings is 1. The standard InChI is InChI=1S/C22H31N3OS/c1-15-12-16(2)14-25(13-15)22(26)17(3)24-10-8-18(9-11-24)21-23-19-6-4-5-7-20(19)27-21/h4-7,15-18H,8-14H2,1-3H3/p+1/t15-,16-,17+/m0/s1. The molecule has 1 aromatic carbocycles. The molecule has 0 spiro atoms. The van der Waals surface area contributed by atoms with Crippen LogP contribution in [0.1, 0.15) is 51.0 Å². The van der Waals surface area contributed by atoms with Crippen LogP contribution in [-0.2, 0) is 4.79 Å². The van der Waals surface area contributed by atoms with Gasteiger partial charge >= 0.3 is 0 Å². The molecule has 5 heteroatoms. The first-order valence-corrected chi connectivity index (χ1v) is 11.3. The SMILES string of the molecule is C[C@H]1C[C@H](C)CN(C(=O)[C@@H](C)[NH+]2CCC(c3nc4ccccc4s3)CC2)C1. The van der Waals surface area contributed by atoms with Gasteiger partial charge in [0.05, 0.1) is 28.3 Å². The van der Waals surface area contributed by atoms with Gasteiger partial charge in [-0.15, -0.1) is 11.3 Å². The number of carbonyl (C=O) groups is 1. The van der Waals surface area contributed by atoms with E-state index in [1.165, 1.54) is 21.0 Å². The number of carbonyl (C=O) groups excluding carboxylic acids is 1. The number of fused-ring (bicyclic) bond motifs is 1. The first kappa shape index (κ1) is 18.9. The van der Waals surface area contributed by atoms with Crippen LogP contribution in [0.25, 0.3) is 10.2 Å². The number of hydrogen-bond donors (Lipinski definition) is 1. The third-order valence-electron chi connectivity index (χ3n) is 6.45. The number of hydrogen-bond acceptors (Lipinski definition) is 3. The van der Waals surface area contributed by atoms with Crippen molar-refractivity contribution in [3.8, 4) is 0 Å². The molecular weight excluding hydrogens is 354 g/mol. The first-order chi connectivity index (χ1) is 13.0. The highest BCUT2D eigenvalue weighted by atomic mass is 32.1. The summed E-state index contributed by atoms with van der Waals surface area (Å²) >= 11 is 1.85. The van der Waals surface area contributed by atoms with Gasteiger partial charge in [-0.25, -0.2) is 4.98 Å². The maximum absolute atomic E-state index is 13.1. The molecule has 4 rings (SSSR count). The van der Waals surface area contributed by atoms with Gasteiger partial charge in [0.15, 0.2) is 6.04 Å². The highest BCUT2D eigenvalue weighted by Gasteiger charge is 2.36. The van der Waals surface area contributed by atoms with Crippen LogP contribution < -0.4 is 4.90 Å². The van der Waals surface area contributed by atoms with Crippen molar-refractivity contribution in [2.45, 2.75) is 52.0 Å². The van der Waals surface area contributed by atoms with E-state index in [9.17, 15) is 4.79 Å². The molecule has 2 saturated heterocycles. The zero-order valence-corrected chi connectivity index (χ0v) is 17.6. The molecule has 3 heterocycles. The predicted molar refractivity (Wildman–Crippen MR) is 111 cm³/mol. The van der Waals surface area contributed by atoms with E-state index in [1.807, 2.05) is 11.3 Å².